The molecule has 1 heterocycles. The van der Waals surface area contributed by atoms with Gasteiger partial charge in [0.25, 0.3) is 0 Å². The maximum absolute atomic E-state index is 5.69. The molecular weight excluding hydrogens is 210 g/mol. The van der Waals surface area contributed by atoms with Gasteiger partial charge in [0.05, 0.1) is 6.61 Å². The summed E-state index contributed by atoms with van der Waals surface area (Å²) in [5.74, 6) is 1.71. The largest absolute Gasteiger partial charge is 0.493 e. The first-order valence-electron chi connectivity index (χ1n) is 6.62. The fourth-order valence-electron chi connectivity index (χ4n) is 2.73. The number of fused-ring (bicyclic) bond motifs is 1. The van der Waals surface area contributed by atoms with Crippen LogP contribution in [0.2, 0.25) is 0 Å². The average molecular weight is 231 g/mol. The SMILES string of the molecule is CC1(C)CC1NCC1CCOc2ccccc21. The zero-order valence-corrected chi connectivity index (χ0v) is 10.7. The van der Waals surface area contributed by atoms with Gasteiger partial charge in [0.15, 0.2) is 0 Å². The van der Waals surface area contributed by atoms with Gasteiger partial charge in [0.2, 0.25) is 0 Å². The molecule has 1 aliphatic heterocycles. The fraction of sp³-hybridized carbons (Fsp3) is 0.600. The molecular formula is C15H21NO. The van der Waals surface area contributed by atoms with Crippen molar-refractivity contribution in [3.63, 3.8) is 0 Å². The normalized spacial score (nSPS) is 29.3. The molecule has 0 amide bonds. The number of hydrogen-bond donors (Lipinski definition) is 1. The van der Waals surface area contributed by atoms with Crippen LogP contribution in [0.3, 0.4) is 0 Å². The maximum Gasteiger partial charge on any atom is 0.122 e. The van der Waals surface area contributed by atoms with Crippen LogP contribution in [-0.4, -0.2) is 19.2 Å². The van der Waals surface area contributed by atoms with Gasteiger partial charge in [-0.3, -0.25) is 0 Å². The third-order valence-corrected chi connectivity index (χ3v) is 4.21. The van der Waals surface area contributed by atoms with E-state index < -0.39 is 0 Å². The molecule has 1 aromatic carbocycles. The highest BCUT2D eigenvalue weighted by molar-refractivity contribution is 5.38. The third kappa shape index (κ3) is 2.19. The van der Waals surface area contributed by atoms with Crippen LogP contribution in [0.5, 0.6) is 5.75 Å². The van der Waals surface area contributed by atoms with Crippen molar-refractivity contribution < 1.29 is 4.74 Å². The molecule has 1 fully saturated rings. The molecule has 2 unspecified atom stereocenters. The molecule has 17 heavy (non-hydrogen) atoms. The second kappa shape index (κ2) is 4.02. The lowest BCUT2D eigenvalue weighted by Gasteiger charge is -2.26. The number of para-hydroxylation sites is 1. The predicted molar refractivity (Wildman–Crippen MR) is 69.5 cm³/mol. The quantitative estimate of drug-likeness (QED) is 0.863. The van der Waals surface area contributed by atoms with E-state index in [1.807, 2.05) is 0 Å². The van der Waals surface area contributed by atoms with E-state index in [0.717, 1.165) is 31.4 Å². The molecule has 92 valence electrons. The zero-order valence-electron chi connectivity index (χ0n) is 10.7. The summed E-state index contributed by atoms with van der Waals surface area (Å²) in [6.45, 7) is 6.62. The smallest absolute Gasteiger partial charge is 0.122 e. The van der Waals surface area contributed by atoms with Crippen molar-refractivity contribution in [2.45, 2.75) is 38.6 Å². The van der Waals surface area contributed by atoms with Gasteiger partial charge in [-0.15, -0.1) is 0 Å². The summed E-state index contributed by atoms with van der Waals surface area (Å²) >= 11 is 0. The van der Waals surface area contributed by atoms with Crippen LogP contribution in [0, 0.1) is 5.41 Å². The molecule has 2 heteroatoms. The van der Waals surface area contributed by atoms with Crippen LogP contribution < -0.4 is 10.1 Å². The van der Waals surface area contributed by atoms with Gasteiger partial charge >= 0.3 is 0 Å². The van der Waals surface area contributed by atoms with Crippen molar-refractivity contribution >= 4 is 0 Å². The molecule has 1 N–H and O–H groups in total. The highest BCUT2D eigenvalue weighted by Gasteiger charge is 2.45. The van der Waals surface area contributed by atoms with Gasteiger partial charge in [-0.25, -0.2) is 0 Å². The highest BCUT2D eigenvalue weighted by Crippen LogP contribution is 2.45. The summed E-state index contributed by atoms with van der Waals surface area (Å²) in [6.07, 6.45) is 2.45. The Morgan fingerprint density at radius 2 is 2.12 bits per heavy atom. The molecule has 0 spiro atoms. The van der Waals surface area contributed by atoms with E-state index in [-0.39, 0.29) is 0 Å². The Morgan fingerprint density at radius 3 is 2.88 bits per heavy atom. The van der Waals surface area contributed by atoms with Crippen molar-refractivity contribution in [3.05, 3.63) is 29.8 Å². The van der Waals surface area contributed by atoms with Gasteiger partial charge < -0.3 is 10.1 Å². The number of benzene rings is 1. The van der Waals surface area contributed by atoms with Crippen LogP contribution in [0.1, 0.15) is 38.2 Å². The van der Waals surface area contributed by atoms with Gasteiger partial charge in [-0.05, 0) is 29.9 Å². The van der Waals surface area contributed by atoms with Gasteiger partial charge in [0, 0.05) is 18.5 Å². The summed E-state index contributed by atoms with van der Waals surface area (Å²) < 4.78 is 5.69. The van der Waals surface area contributed by atoms with E-state index in [4.69, 9.17) is 4.74 Å². The number of nitrogens with one attached hydrogen (secondary N) is 1. The Labute approximate surface area is 103 Å². The molecule has 0 aromatic heterocycles. The van der Waals surface area contributed by atoms with Crippen LogP contribution in [0.15, 0.2) is 24.3 Å². The van der Waals surface area contributed by atoms with Gasteiger partial charge in [0.1, 0.15) is 5.75 Å². The molecule has 3 rings (SSSR count). The first kappa shape index (κ1) is 11.1. The topological polar surface area (TPSA) is 21.3 Å². The van der Waals surface area contributed by atoms with E-state index in [1.165, 1.54) is 12.0 Å². The highest BCUT2D eigenvalue weighted by atomic mass is 16.5. The van der Waals surface area contributed by atoms with Crippen LogP contribution in [0.25, 0.3) is 0 Å². The van der Waals surface area contributed by atoms with Crippen LogP contribution in [-0.2, 0) is 0 Å². The Hall–Kier alpha value is -1.02. The van der Waals surface area contributed by atoms with E-state index in [0.29, 0.717) is 11.3 Å². The second-order valence-electron chi connectivity index (χ2n) is 6.03. The van der Waals surface area contributed by atoms with Crippen LogP contribution >= 0.6 is 0 Å². The first-order valence-corrected chi connectivity index (χ1v) is 6.62. The summed E-state index contributed by atoms with van der Waals surface area (Å²) in [7, 11) is 0. The lowest BCUT2D eigenvalue weighted by Crippen LogP contribution is -2.29. The van der Waals surface area contributed by atoms with E-state index in [2.05, 4.69) is 43.4 Å². The Balaban J connectivity index is 1.65. The van der Waals surface area contributed by atoms with Crippen molar-refractivity contribution in [2.75, 3.05) is 13.2 Å². The molecule has 0 saturated heterocycles. The number of hydrogen-bond acceptors (Lipinski definition) is 2. The summed E-state index contributed by atoms with van der Waals surface area (Å²) in [4.78, 5) is 0. The van der Waals surface area contributed by atoms with Crippen molar-refractivity contribution in [2.24, 2.45) is 5.41 Å². The second-order valence-corrected chi connectivity index (χ2v) is 6.03. The average Bonchev–Trinajstić information content (AvgIpc) is 2.94. The molecule has 0 bridgehead atoms. The fourth-order valence-corrected chi connectivity index (χ4v) is 2.73. The minimum atomic E-state index is 0.519. The molecule has 2 atom stereocenters. The van der Waals surface area contributed by atoms with Gasteiger partial charge in [-0.2, -0.15) is 0 Å². The molecule has 2 nitrogen and oxygen atoms in total. The molecule has 2 aliphatic rings. The number of ether oxygens (including phenoxy) is 1. The third-order valence-electron chi connectivity index (χ3n) is 4.21. The minimum Gasteiger partial charge on any atom is -0.493 e. The summed E-state index contributed by atoms with van der Waals surface area (Å²) in [6, 6.07) is 9.18. The van der Waals surface area contributed by atoms with Crippen molar-refractivity contribution in [3.8, 4) is 5.75 Å². The van der Waals surface area contributed by atoms with Gasteiger partial charge in [-0.1, -0.05) is 32.0 Å². The maximum atomic E-state index is 5.69. The minimum absolute atomic E-state index is 0.519. The number of rotatable bonds is 3. The molecule has 1 saturated carbocycles. The summed E-state index contributed by atoms with van der Waals surface area (Å²) in [5.41, 5.74) is 1.90. The predicted octanol–water partition coefficient (Wildman–Crippen LogP) is 2.94. The first-order chi connectivity index (χ1) is 8.17. The lowest BCUT2D eigenvalue weighted by atomic mass is 9.93. The Morgan fingerprint density at radius 1 is 1.35 bits per heavy atom. The van der Waals surface area contributed by atoms with Crippen LogP contribution in [0.4, 0.5) is 0 Å². The zero-order chi connectivity index (χ0) is 11.9. The standard InChI is InChI=1S/C15H21NO/c1-15(2)9-14(15)16-10-11-7-8-17-13-6-4-3-5-12(11)13/h3-6,11,14,16H,7-10H2,1-2H3. The molecule has 1 aromatic rings. The van der Waals surface area contributed by atoms with E-state index in [1.54, 1.807) is 0 Å². The van der Waals surface area contributed by atoms with E-state index in [9.17, 15) is 0 Å². The molecule has 0 radical (unpaired) electrons. The molecule has 1 aliphatic carbocycles. The monoisotopic (exact) mass is 231 g/mol. The van der Waals surface area contributed by atoms with Crippen molar-refractivity contribution in [1.29, 1.82) is 0 Å². The Bertz CT molecular complexity index is 413. The summed E-state index contributed by atoms with van der Waals surface area (Å²) in [5, 5.41) is 3.70. The lowest BCUT2D eigenvalue weighted by molar-refractivity contribution is 0.263. The van der Waals surface area contributed by atoms with Crippen molar-refractivity contribution in [1.82, 2.24) is 5.32 Å². The van der Waals surface area contributed by atoms with E-state index >= 15 is 0 Å². The Kier molecular flexibility index (Phi) is 2.62.